The zero-order chi connectivity index (χ0) is 9.84. The van der Waals surface area contributed by atoms with Gasteiger partial charge in [0, 0.05) is 25.0 Å². The molecule has 0 aliphatic carbocycles. The van der Waals surface area contributed by atoms with Crippen molar-refractivity contribution < 1.29 is 15.0 Å². The molecule has 70 valence electrons. The second kappa shape index (κ2) is 3.75. The maximum absolute atomic E-state index is 10.7. The predicted molar refractivity (Wildman–Crippen MR) is 44.6 cm³/mol. The molecule has 1 heterocycles. The number of aromatic hydroxyl groups is 1. The highest BCUT2D eigenvalue weighted by molar-refractivity contribution is 5.66. The first kappa shape index (κ1) is 9.31. The monoisotopic (exact) mass is 183 g/mol. The molecule has 1 rings (SSSR count). The molecule has 0 aromatic carbocycles. The van der Waals surface area contributed by atoms with E-state index in [4.69, 9.17) is 10.2 Å². The van der Waals surface area contributed by atoms with Gasteiger partial charge in [-0.25, -0.2) is 0 Å². The number of rotatable bonds is 3. The number of aryl methyl sites for hydroxylation is 1. The summed E-state index contributed by atoms with van der Waals surface area (Å²) in [5.41, 5.74) is -0.466. The minimum absolute atomic E-state index is 0.0394. The highest BCUT2D eigenvalue weighted by Gasteiger charge is 1.99. The molecule has 0 fully saturated rings. The molecule has 5 nitrogen and oxygen atoms in total. The van der Waals surface area contributed by atoms with Gasteiger partial charge in [0.15, 0.2) is 5.75 Å². The van der Waals surface area contributed by atoms with Gasteiger partial charge in [-0.2, -0.15) is 0 Å². The number of pyridine rings is 1. The predicted octanol–water partition coefficient (Wildman–Crippen LogP) is 0.0286. The third-order valence-corrected chi connectivity index (χ3v) is 1.54. The topological polar surface area (TPSA) is 79.5 Å². The summed E-state index contributed by atoms with van der Waals surface area (Å²) in [6, 6.07) is 1.19. The van der Waals surface area contributed by atoms with Crippen molar-refractivity contribution in [2.45, 2.75) is 13.0 Å². The van der Waals surface area contributed by atoms with E-state index in [1.165, 1.54) is 23.0 Å². The number of carboxylic acids is 1. The molecule has 0 unspecified atom stereocenters. The quantitative estimate of drug-likeness (QED) is 0.692. The van der Waals surface area contributed by atoms with Crippen LogP contribution in [0, 0.1) is 0 Å². The molecule has 0 aliphatic rings. The zero-order valence-corrected chi connectivity index (χ0v) is 6.80. The molecular weight excluding hydrogens is 174 g/mol. The third-order valence-electron chi connectivity index (χ3n) is 1.54. The van der Waals surface area contributed by atoms with Crippen LogP contribution >= 0.6 is 0 Å². The Morgan fingerprint density at radius 2 is 2.23 bits per heavy atom. The second-order valence-electron chi connectivity index (χ2n) is 2.58. The van der Waals surface area contributed by atoms with Crippen LogP contribution in [0.2, 0.25) is 0 Å². The smallest absolute Gasteiger partial charge is 0.305 e. The molecule has 5 heteroatoms. The summed E-state index contributed by atoms with van der Waals surface area (Å²) in [5, 5.41) is 17.3. The summed E-state index contributed by atoms with van der Waals surface area (Å²) in [6.45, 7) is 0.239. The average Bonchev–Trinajstić information content (AvgIpc) is 2.07. The molecular formula is C8H9NO4. The SMILES string of the molecule is O=C(O)CCn1ccc(=O)c(O)c1. The molecule has 0 saturated heterocycles. The molecule has 1 aromatic heterocycles. The first-order valence-corrected chi connectivity index (χ1v) is 3.70. The molecule has 0 atom stereocenters. The van der Waals surface area contributed by atoms with Crippen molar-refractivity contribution in [2.24, 2.45) is 0 Å². The second-order valence-corrected chi connectivity index (χ2v) is 2.58. The molecule has 0 aliphatic heterocycles. The average molecular weight is 183 g/mol. The van der Waals surface area contributed by atoms with Gasteiger partial charge in [-0.15, -0.1) is 0 Å². The van der Waals surface area contributed by atoms with E-state index in [0.29, 0.717) is 0 Å². The van der Waals surface area contributed by atoms with Crippen molar-refractivity contribution in [3.63, 3.8) is 0 Å². The largest absolute Gasteiger partial charge is 0.503 e. The third kappa shape index (κ3) is 2.62. The van der Waals surface area contributed by atoms with E-state index in [2.05, 4.69) is 0 Å². The number of carboxylic acid groups (broad SMARTS) is 1. The summed E-state index contributed by atoms with van der Waals surface area (Å²) in [6.07, 6.45) is 2.61. The van der Waals surface area contributed by atoms with Crippen LogP contribution in [0.15, 0.2) is 23.3 Å². The van der Waals surface area contributed by atoms with Crippen LogP contribution in [0.5, 0.6) is 5.75 Å². The maximum atomic E-state index is 10.7. The van der Waals surface area contributed by atoms with Gasteiger partial charge in [-0.05, 0) is 0 Å². The Balaban J connectivity index is 2.74. The first-order valence-electron chi connectivity index (χ1n) is 3.70. The lowest BCUT2D eigenvalue weighted by Gasteiger charge is -2.03. The number of aromatic nitrogens is 1. The Morgan fingerprint density at radius 3 is 2.77 bits per heavy atom. The van der Waals surface area contributed by atoms with Crippen molar-refractivity contribution in [1.29, 1.82) is 0 Å². The Kier molecular flexibility index (Phi) is 2.69. The van der Waals surface area contributed by atoms with Gasteiger partial charge in [0.25, 0.3) is 0 Å². The van der Waals surface area contributed by atoms with Gasteiger partial charge in [-0.1, -0.05) is 0 Å². The van der Waals surface area contributed by atoms with Gasteiger partial charge in [0.1, 0.15) is 0 Å². The Morgan fingerprint density at radius 1 is 1.54 bits per heavy atom. The number of aliphatic carboxylic acids is 1. The van der Waals surface area contributed by atoms with E-state index in [9.17, 15) is 9.59 Å². The number of nitrogens with zero attached hydrogens (tertiary/aromatic N) is 1. The van der Waals surface area contributed by atoms with Crippen LogP contribution in [0.25, 0.3) is 0 Å². The van der Waals surface area contributed by atoms with Crippen LogP contribution in [0.3, 0.4) is 0 Å². The zero-order valence-electron chi connectivity index (χ0n) is 6.80. The molecule has 1 aromatic rings. The van der Waals surface area contributed by atoms with E-state index < -0.39 is 11.4 Å². The van der Waals surface area contributed by atoms with Crippen LogP contribution in [0.1, 0.15) is 6.42 Å². The fourth-order valence-electron chi connectivity index (χ4n) is 0.876. The van der Waals surface area contributed by atoms with Crippen molar-refractivity contribution >= 4 is 5.97 Å². The summed E-state index contributed by atoms with van der Waals surface area (Å²) >= 11 is 0. The molecule has 13 heavy (non-hydrogen) atoms. The van der Waals surface area contributed by atoms with Gasteiger partial charge in [0.2, 0.25) is 5.43 Å². The molecule has 0 radical (unpaired) electrons. The number of hydrogen-bond donors (Lipinski definition) is 2. The van der Waals surface area contributed by atoms with Crippen molar-refractivity contribution in [3.05, 3.63) is 28.7 Å². The summed E-state index contributed by atoms with van der Waals surface area (Å²) < 4.78 is 1.45. The molecule has 0 amide bonds. The van der Waals surface area contributed by atoms with Crippen LogP contribution < -0.4 is 5.43 Å². The van der Waals surface area contributed by atoms with E-state index in [1.807, 2.05) is 0 Å². The van der Waals surface area contributed by atoms with Crippen molar-refractivity contribution in [1.82, 2.24) is 4.57 Å². The molecule has 0 saturated carbocycles. The van der Waals surface area contributed by atoms with Crippen LogP contribution in [-0.4, -0.2) is 20.7 Å². The molecule has 0 bridgehead atoms. The minimum Gasteiger partial charge on any atom is -0.503 e. The molecule has 0 spiro atoms. The Labute approximate surface area is 73.9 Å². The summed E-state index contributed by atoms with van der Waals surface area (Å²) in [4.78, 5) is 20.9. The minimum atomic E-state index is -0.918. The van der Waals surface area contributed by atoms with Gasteiger partial charge >= 0.3 is 5.97 Å². The molecule has 2 N–H and O–H groups in total. The number of hydrogen-bond acceptors (Lipinski definition) is 3. The van der Waals surface area contributed by atoms with Crippen molar-refractivity contribution in [2.75, 3.05) is 0 Å². The van der Waals surface area contributed by atoms with Crippen LogP contribution in [0.4, 0.5) is 0 Å². The number of carbonyl (C=O) groups is 1. The van der Waals surface area contributed by atoms with Gasteiger partial charge in [0.05, 0.1) is 6.42 Å². The van der Waals surface area contributed by atoms with E-state index in [-0.39, 0.29) is 18.7 Å². The van der Waals surface area contributed by atoms with Crippen molar-refractivity contribution in [3.8, 4) is 5.75 Å². The highest BCUT2D eigenvalue weighted by Crippen LogP contribution is 1.99. The maximum Gasteiger partial charge on any atom is 0.305 e. The van der Waals surface area contributed by atoms with Gasteiger partial charge in [-0.3, -0.25) is 9.59 Å². The first-order chi connectivity index (χ1) is 6.09. The normalized spacial score (nSPS) is 9.85. The Hall–Kier alpha value is -1.78. The highest BCUT2D eigenvalue weighted by atomic mass is 16.4. The fraction of sp³-hybridized carbons (Fsp3) is 0.250. The lowest BCUT2D eigenvalue weighted by Crippen LogP contribution is -2.08. The van der Waals surface area contributed by atoms with E-state index in [1.54, 1.807) is 0 Å². The lowest BCUT2D eigenvalue weighted by atomic mass is 10.4. The van der Waals surface area contributed by atoms with E-state index >= 15 is 0 Å². The summed E-state index contributed by atoms with van der Waals surface area (Å²) in [5.74, 6) is -1.29. The van der Waals surface area contributed by atoms with E-state index in [0.717, 1.165) is 0 Å². The summed E-state index contributed by atoms with van der Waals surface area (Å²) in [7, 11) is 0. The fourth-order valence-corrected chi connectivity index (χ4v) is 0.876. The van der Waals surface area contributed by atoms with Crippen LogP contribution in [-0.2, 0) is 11.3 Å². The Bertz CT molecular complexity index is 369. The lowest BCUT2D eigenvalue weighted by molar-refractivity contribution is -0.137. The van der Waals surface area contributed by atoms with Gasteiger partial charge < -0.3 is 14.8 Å². The standard InChI is InChI=1S/C8H9NO4/c10-6-1-3-9(5-7(6)11)4-2-8(12)13/h1,3,5,11H,2,4H2,(H,12,13).